The van der Waals surface area contributed by atoms with E-state index in [4.69, 9.17) is 4.52 Å². The number of aromatic nitrogens is 3. The summed E-state index contributed by atoms with van der Waals surface area (Å²) in [7, 11) is -3.67. The van der Waals surface area contributed by atoms with Gasteiger partial charge in [0.1, 0.15) is 10.6 Å². The number of aryl methyl sites for hydroxylation is 2. The summed E-state index contributed by atoms with van der Waals surface area (Å²) in [5, 5.41) is 7.95. The second kappa shape index (κ2) is 4.97. The van der Waals surface area contributed by atoms with E-state index in [1.165, 1.54) is 0 Å². The largest absolute Gasteiger partial charge is 0.360 e. The van der Waals surface area contributed by atoms with Crippen LogP contribution in [-0.2, 0) is 16.6 Å². The standard InChI is InChI=1S/C13H14N4O3S/c1-9-13(10(2)20-16-9)21(18,19)14-8-11-7-12-5-3-4-6-17(12)15-11/h3-7,14H,8H2,1-2H3. The predicted molar refractivity (Wildman–Crippen MR) is 75.2 cm³/mol. The van der Waals surface area contributed by atoms with Gasteiger partial charge < -0.3 is 4.52 Å². The molecule has 0 radical (unpaired) electrons. The summed E-state index contributed by atoms with van der Waals surface area (Å²) in [6.45, 7) is 3.27. The van der Waals surface area contributed by atoms with Crippen LogP contribution in [0.1, 0.15) is 17.1 Å². The second-order valence-electron chi connectivity index (χ2n) is 4.68. The van der Waals surface area contributed by atoms with Crippen molar-refractivity contribution in [3.8, 4) is 0 Å². The number of fused-ring (bicyclic) bond motifs is 1. The van der Waals surface area contributed by atoms with Gasteiger partial charge in [-0.15, -0.1) is 0 Å². The van der Waals surface area contributed by atoms with Crippen LogP contribution in [-0.4, -0.2) is 23.2 Å². The van der Waals surface area contributed by atoms with Crippen molar-refractivity contribution >= 4 is 15.5 Å². The number of hydrogen-bond donors (Lipinski definition) is 1. The summed E-state index contributed by atoms with van der Waals surface area (Å²) in [4.78, 5) is 0.0891. The van der Waals surface area contributed by atoms with Crippen LogP contribution < -0.4 is 4.72 Å². The molecular weight excluding hydrogens is 292 g/mol. The van der Waals surface area contributed by atoms with Crippen molar-refractivity contribution in [1.82, 2.24) is 19.5 Å². The molecule has 0 unspecified atom stereocenters. The number of rotatable bonds is 4. The van der Waals surface area contributed by atoms with E-state index >= 15 is 0 Å². The summed E-state index contributed by atoms with van der Waals surface area (Å²) in [6.07, 6.45) is 1.81. The van der Waals surface area contributed by atoms with E-state index in [2.05, 4.69) is 15.0 Å². The monoisotopic (exact) mass is 306 g/mol. The van der Waals surface area contributed by atoms with Crippen LogP contribution >= 0.6 is 0 Å². The van der Waals surface area contributed by atoms with Crippen LogP contribution in [0, 0.1) is 13.8 Å². The second-order valence-corrected chi connectivity index (χ2v) is 6.39. The Morgan fingerprint density at radius 1 is 1.33 bits per heavy atom. The number of sulfonamides is 1. The van der Waals surface area contributed by atoms with E-state index in [9.17, 15) is 8.42 Å². The van der Waals surface area contributed by atoms with Gasteiger partial charge in [-0.05, 0) is 32.0 Å². The van der Waals surface area contributed by atoms with E-state index in [0.29, 0.717) is 11.4 Å². The molecule has 3 heterocycles. The van der Waals surface area contributed by atoms with Gasteiger partial charge in [0, 0.05) is 6.20 Å². The number of hydrogen-bond acceptors (Lipinski definition) is 5. The molecule has 0 aliphatic carbocycles. The van der Waals surface area contributed by atoms with E-state index in [1.807, 2.05) is 30.5 Å². The highest BCUT2D eigenvalue weighted by Gasteiger charge is 2.24. The number of nitrogens with one attached hydrogen (secondary N) is 1. The van der Waals surface area contributed by atoms with Crippen LogP contribution in [0.15, 0.2) is 39.9 Å². The van der Waals surface area contributed by atoms with Crippen molar-refractivity contribution < 1.29 is 12.9 Å². The Morgan fingerprint density at radius 2 is 2.14 bits per heavy atom. The van der Waals surface area contributed by atoms with E-state index in [1.54, 1.807) is 18.4 Å². The lowest BCUT2D eigenvalue weighted by molar-refractivity contribution is 0.390. The molecule has 0 aliphatic heterocycles. The predicted octanol–water partition coefficient (Wildman–Crippen LogP) is 1.42. The van der Waals surface area contributed by atoms with Gasteiger partial charge >= 0.3 is 0 Å². The molecule has 0 aromatic carbocycles. The molecule has 0 atom stereocenters. The summed E-state index contributed by atoms with van der Waals surface area (Å²) in [5.41, 5.74) is 1.88. The van der Waals surface area contributed by atoms with Crippen LogP contribution in [0.25, 0.3) is 5.52 Å². The topological polar surface area (TPSA) is 89.5 Å². The third-order valence-electron chi connectivity index (χ3n) is 3.10. The van der Waals surface area contributed by atoms with Crippen molar-refractivity contribution in [3.63, 3.8) is 0 Å². The van der Waals surface area contributed by atoms with Crippen LogP contribution in [0.5, 0.6) is 0 Å². The minimum Gasteiger partial charge on any atom is -0.360 e. The first-order valence-corrected chi connectivity index (χ1v) is 7.81. The fourth-order valence-corrected chi connectivity index (χ4v) is 3.50. The van der Waals surface area contributed by atoms with Crippen LogP contribution in [0.2, 0.25) is 0 Å². The first-order chi connectivity index (χ1) is 9.97. The van der Waals surface area contributed by atoms with Gasteiger partial charge in [-0.3, -0.25) is 0 Å². The van der Waals surface area contributed by atoms with Gasteiger partial charge in [-0.1, -0.05) is 11.2 Å². The molecule has 21 heavy (non-hydrogen) atoms. The average molecular weight is 306 g/mol. The fraction of sp³-hybridized carbons (Fsp3) is 0.231. The zero-order chi connectivity index (χ0) is 15.0. The van der Waals surface area contributed by atoms with Crippen LogP contribution in [0.4, 0.5) is 0 Å². The van der Waals surface area contributed by atoms with Gasteiger partial charge in [0.15, 0.2) is 5.76 Å². The molecule has 0 bridgehead atoms. The molecule has 0 aliphatic rings. The quantitative estimate of drug-likeness (QED) is 0.787. The number of nitrogens with zero attached hydrogens (tertiary/aromatic N) is 3. The van der Waals surface area contributed by atoms with Gasteiger partial charge in [0.2, 0.25) is 10.0 Å². The molecule has 0 amide bonds. The maximum Gasteiger partial charge on any atom is 0.246 e. The summed E-state index contributed by atoms with van der Waals surface area (Å²) < 4.78 is 33.7. The minimum absolute atomic E-state index is 0.0891. The maximum absolute atomic E-state index is 12.3. The van der Waals surface area contributed by atoms with Gasteiger partial charge in [0.25, 0.3) is 0 Å². The Morgan fingerprint density at radius 3 is 2.81 bits per heavy atom. The van der Waals surface area contributed by atoms with E-state index in [-0.39, 0.29) is 17.2 Å². The maximum atomic E-state index is 12.3. The highest BCUT2D eigenvalue weighted by molar-refractivity contribution is 7.89. The SMILES string of the molecule is Cc1noc(C)c1S(=O)(=O)NCc1cc2ccccn2n1. The summed E-state index contributed by atoms with van der Waals surface area (Å²) in [6, 6.07) is 7.49. The molecule has 0 saturated heterocycles. The molecule has 3 rings (SSSR count). The first kappa shape index (κ1) is 13.8. The molecule has 0 saturated carbocycles. The highest BCUT2D eigenvalue weighted by Crippen LogP contribution is 2.18. The van der Waals surface area contributed by atoms with Crippen molar-refractivity contribution in [2.24, 2.45) is 0 Å². The molecule has 3 aromatic rings. The highest BCUT2D eigenvalue weighted by atomic mass is 32.2. The Balaban J connectivity index is 1.84. The first-order valence-electron chi connectivity index (χ1n) is 6.33. The molecule has 110 valence electrons. The van der Waals surface area contributed by atoms with E-state index < -0.39 is 10.0 Å². The summed E-state index contributed by atoms with van der Waals surface area (Å²) >= 11 is 0. The van der Waals surface area contributed by atoms with Gasteiger partial charge in [0.05, 0.1) is 17.8 Å². The zero-order valence-corrected chi connectivity index (χ0v) is 12.4. The molecule has 0 fully saturated rings. The Hall–Kier alpha value is -2.19. The molecular formula is C13H14N4O3S. The van der Waals surface area contributed by atoms with Crippen molar-refractivity contribution in [2.45, 2.75) is 25.3 Å². The van der Waals surface area contributed by atoms with Crippen molar-refractivity contribution in [2.75, 3.05) is 0 Å². The zero-order valence-electron chi connectivity index (χ0n) is 11.6. The molecule has 1 N–H and O–H groups in total. The summed E-state index contributed by atoms with van der Waals surface area (Å²) in [5.74, 6) is 0.273. The molecule has 7 nitrogen and oxygen atoms in total. The fourth-order valence-electron chi connectivity index (χ4n) is 2.18. The lowest BCUT2D eigenvalue weighted by Crippen LogP contribution is -2.24. The molecule has 0 spiro atoms. The van der Waals surface area contributed by atoms with Crippen molar-refractivity contribution in [3.05, 3.63) is 47.6 Å². The Kier molecular flexibility index (Phi) is 3.26. The third-order valence-corrected chi connectivity index (χ3v) is 4.75. The minimum atomic E-state index is -3.67. The Bertz CT molecular complexity index is 843. The number of pyridine rings is 1. The Labute approximate surface area is 121 Å². The van der Waals surface area contributed by atoms with Gasteiger partial charge in [-0.2, -0.15) is 5.10 Å². The normalized spacial score (nSPS) is 12.1. The lowest BCUT2D eigenvalue weighted by Gasteiger charge is -2.03. The average Bonchev–Trinajstić information content (AvgIpc) is 3.00. The van der Waals surface area contributed by atoms with Crippen LogP contribution in [0.3, 0.4) is 0 Å². The lowest BCUT2D eigenvalue weighted by atomic mass is 10.3. The molecule has 3 aromatic heterocycles. The molecule has 8 heteroatoms. The van der Waals surface area contributed by atoms with Crippen molar-refractivity contribution in [1.29, 1.82) is 0 Å². The van der Waals surface area contributed by atoms with Gasteiger partial charge in [-0.25, -0.2) is 17.7 Å². The van der Waals surface area contributed by atoms with E-state index in [0.717, 1.165) is 5.52 Å². The third kappa shape index (κ3) is 2.55. The smallest absolute Gasteiger partial charge is 0.246 e.